The molecule has 0 bridgehead atoms. The van der Waals surface area contributed by atoms with Crippen LogP contribution in [0.2, 0.25) is 0 Å². The topological polar surface area (TPSA) is 0 Å². The van der Waals surface area contributed by atoms with E-state index in [1.165, 1.54) is 0 Å². The lowest BCUT2D eigenvalue weighted by Crippen LogP contribution is -2.51. The maximum Gasteiger partial charge on any atom is 0.491 e. The highest BCUT2D eigenvalue weighted by atomic mass is 31.2. The first-order valence-corrected chi connectivity index (χ1v) is 4.85. The predicted octanol–water partition coefficient (Wildman–Crippen LogP) is 4.19. The number of alkyl halides is 7. The van der Waals surface area contributed by atoms with Crippen molar-refractivity contribution >= 4 is 7.88 Å². The zero-order valence-electron chi connectivity index (χ0n) is 6.35. The van der Waals surface area contributed by atoms with E-state index in [9.17, 15) is 39.1 Å². The molecule has 0 radical (unpaired) electrons. The third-order valence-corrected chi connectivity index (χ3v) is 2.49. The van der Waals surface area contributed by atoms with Gasteiger partial charge in [0.05, 0.1) is 0 Å². The fraction of sp³-hybridized carbons (Fsp3) is 1.00. The van der Waals surface area contributed by atoms with Crippen LogP contribution < -0.4 is 0 Å². The lowest BCUT2D eigenvalue weighted by Gasteiger charge is -2.25. The van der Waals surface area contributed by atoms with Crippen LogP contribution in [-0.2, 0) is 0 Å². The number of hydrogen-bond donors (Lipinski definition) is 0. The summed E-state index contributed by atoms with van der Waals surface area (Å²) in [6.07, 6.45) is -6.70. The van der Waals surface area contributed by atoms with Gasteiger partial charge >= 0.3 is 25.6 Å². The summed E-state index contributed by atoms with van der Waals surface area (Å²) in [5.74, 6) is -6.72. The third-order valence-electron chi connectivity index (χ3n) is 1.23. The minimum Gasteiger partial charge on any atom is -0.185 e. The second kappa shape index (κ2) is 3.15. The standard InChI is InChI=1S/C4H3F9P/c1-14(12,13)4(10,11)2(5,6)3(7,8)9/h1H3/q+1. The molecule has 0 unspecified atom stereocenters. The van der Waals surface area contributed by atoms with Crippen molar-refractivity contribution in [3.63, 3.8) is 0 Å². The molecule has 0 saturated heterocycles. The van der Waals surface area contributed by atoms with Gasteiger partial charge in [-0.1, -0.05) is 0 Å². The molecule has 0 N–H and O–H groups in total. The number of rotatable bonds is 2. The van der Waals surface area contributed by atoms with Gasteiger partial charge in [0.1, 0.15) is 6.66 Å². The molecule has 0 atom stereocenters. The van der Waals surface area contributed by atoms with E-state index < -0.39 is 32.3 Å². The number of hydrogen-bond acceptors (Lipinski definition) is 0. The molecule has 0 heterocycles. The van der Waals surface area contributed by atoms with Crippen LogP contribution in [0.4, 0.5) is 39.1 Å². The first-order valence-electron chi connectivity index (χ1n) is 2.83. The molecule has 14 heavy (non-hydrogen) atoms. The summed E-state index contributed by atoms with van der Waals surface area (Å²) in [4.78, 5) is 0. The van der Waals surface area contributed by atoms with Crippen LogP contribution in [0.15, 0.2) is 0 Å². The van der Waals surface area contributed by atoms with Gasteiger partial charge in [0.15, 0.2) is 0 Å². The van der Waals surface area contributed by atoms with E-state index in [0.717, 1.165) is 0 Å². The summed E-state index contributed by atoms with van der Waals surface area (Å²) in [7, 11) is -6.64. The highest BCUT2D eigenvalue weighted by Gasteiger charge is 2.87. The largest absolute Gasteiger partial charge is 0.491 e. The Bertz CT molecular complexity index is 186. The molecule has 0 rings (SSSR count). The lowest BCUT2D eigenvalue weighted by atomic mass is 10.3. The van der Waals surface area contributed by atoms with Gasteiger partial charge in [-0.3, -0.25) is 0 Å². The molecule has 0 spiro atoms. The molecule has 0 saturated carbocycles. The van der Waals surface area contributed by atoms with Gasteiger partial charge in [-0.2, -0.15) is 30.7 Å². The summed E-state index contributed by atoms with van der Waals surface area (Å²) in [5, 5.41) is 0. The highest BCUT2D eigenvalue weighted by molar-refractivity contribution is 7.66. The minimum atomic E-state index is -6.72. The van der Waals surface area contributed by atoms with Crippen molar-refractivity contribution in [2.75, 3.05) is 6.66 Å². The molecule has 0 nitrogen and oxygen atoms in total. The normalized spacial score (nSPS) is 15.9. The second-order valence-corrected chi connectivity index (χ2v) is 4.56. The van der Waals surface area contributed by atoms with Crippen molar-refractivity contribution in [3.05, 3.63) is 0 Å². The van der Waals surface area contributed by atoms with Crippen molar-refractivity contribution in [1.29, 1.82) is 0 Å². The van der Waals surface area contributed by atoms with Crippen molar-refractivity contribution in [2.24, 2.45) is 0 Å². The first kappa shape index (κ1) is 13.8. The van der Waals surface area contributed by atoms with E-state index in [1.54, 1.807) is 0 Å². The molecule has 0 aliphatic rings. The molecule has 0 fully saturated rings. The first-order chi connectivity index (χ1) is 5.75. The predicted molar refractivity (Wildman–Crippen MR) is 31.0 cm³/mol. The average Bonchev–Trinajstić information content (AvgIpc) is 1.81. The SMILES string of the molecule is C[P+](F)(F)C(F)(F)C(F)(F)C(F)(F)F. The summed E-state index contributed by atoms with van der Waals surface area (Å²) in [6.45, 7) is -0.605. The zero-order valence-corrected chi connectivity index (χ0v) is 7.24. The molecule has 0 aromatic carbocycles. The summed E-state index contributed by atoms with van der Waals surface area (Å²) in [5.41, 5.74) is -6.36. The highest BCUT2D eigenvalue weighted by Crippen LogP contribution is 2.76. The van der Waals surface area contributed by atoms with Crippen LogP contribution in [0.1, 0.15) is 0 Å². The van der Waals surface area contributed by atoms with Gasteiger partial charge in [-0.25, -0.2) is 0 Å². The maximum atomic E-state index is 12.0. The molecule has 0 aliphatic carbocycles. The van der Waals surface area contributed by atoms with E-state index >= 15 is 0 Å². The van der Waals surface area contributed by atoms with Crippen molar-refractivity contribution in [1.82, 2.24) is 0 Å². The van der Waals surface area contributed by atoms with Gasteiger partial charge in [0.25, 0.3) is 0 Å². The molecule has 0 aromatic heterocycles. The van der Waals surface area contributed by atoms with E-state index in [4.69, 9.17) is 0 Å². The Morgan fingerprint density at radius 3 is 1.14 bits per heavy atom. The van der Waals surface area contributed by atoms with Gasteiger partial charge in [0, 0.05) is 0 Å². The molecule has 0 amide bonds. The quantitative estimate of drug-likeness (QED) is 0.511. The van der Waals surface area contributed by atoms with Crippen molar-refractivity contribution < 1.29 is 39.1 Å². The van der Waals surface area contributed by atoms with Gasteiger partial charge in [-0.15, -0.1) is 0 Å². The molecular weight excluding hydrogens is 250 g/mol. The van der Waals surface area contributed by atoms with Crippen LogP contribution in [0.25, 0.3) is 0 Å². The lowest BCUT2D eigenvalue weighted by molar-refractivity contribution is -0.334. The number of halogens is 9. The minimum absolute atomic E-state index is 0.605. The van der Waals surface area contributed by atoms with Crippen LogP contribution in [0.5, 0.6) is 0 Å². The molecule has 86 valence electrons. The van der Waals surface area contributed by atoms with Gasteiger partial charge < -0.3 is 0 Å². The average molecular weight is 253 g/mol. The smallest absolute Gasteiger partial charge is 0.185 e. The summed E-state index contributed by atoms with van der Waals surface area (Å²) in [6, 6.07) is 0. The monoisotopic (exact) mass is 253 g/mol. The van der Waals surface area contributed by atoms with Crippen molar-refractivity contribution in [2.45, 2.75) is 17.8 Å². The Balaban J connectivity index is 5.30. The zero-order chi connectivity index (χ0) is 12.0. The Morgan fingerprint density at radius 2 is 1.07 bits per heavy atom. The molecule has 0 aromatic rings. The van der Waals surface area contributed by atoms with Crippen LogP contribution in [0.3, 0.4) is 0 Å². The van der Waals surface area contributed by atoms with E-state index in [1.807, 2.05) is 0 Å². The Labute approximate surface area is 72.7 Å². The molecule has 0 aliphatic heterocycles. The van der Waals surface area contributed by atoms with E-state index in [2.05, 4.69) is 0 Å². The third kappa shape index (κ3) is 1.92. The maximum absolute atomic E-state index is 12.0. The fourth-order valence-electron chi connectivity index (χ4n) is 0.417. The van der Waals surface area contributed by atoms with Crippen LogP contribution >= 0.6 is 7.88 Å². The Morgan fingerprint density at radius 1 is 0.786 bits per heavy atom. The van der Waals surface area contributed by atoms with Gasteiger partial charge in [0.2, 0.25) is 0 Å². The van der Waals surface area contributed by atoms with E-state index in [-0.39, 0.29) is 0 Å². The van der Waals surface area contributed by atoms with Crippen LogP contribution in [0, 0.1) is 0 Å². The van der Waals surface area contributed by atoms with Gasteiger partial charge in [-0.05, 0) is 8.39 Å². The Kier molecular flexibility index (Phi) is 3.10. The Hall–Kier alpha value is -0.200. The van der Waals surface area contributed by atoms with Crippen molar-refractivity contribution in [3.8, 4) is 0 Å². The molecular formula is C4H3F9P+. The van der Waals surface area contributed by atoms with E-state index in [0.29, 0.717) is 0 Å². The second-order valence-electron chi connectivity index (χ2n) is 2.41. The summed E-state index contributed by atoms with van der Waals surface area (Å²) >= 11 is 0. The van der Waals surface area contributed by atoms with Crippen LogP contribution in [-0.4, -0.2) is 24.4 Å². The molecule has 10 heteroatoms. The summed E-state index contributed by atoms with van der Waals surface area (Å²) < 4.78 is 106. The fourth-order valence-corrected chi connectivity index (χ4v) is 1.04.